The van der Waals surface area contributed by atoms with Gasteiger partial charge < -0.3 is 9.73 Å². The van der Waals surface area contributed by atoms with Gasteiger partial charge in [-0.15, -0.1) is 0 Å². The molecule has 0 amide bonds. The van der Waals surface area contributed by atoms with E-state index in [-0.39, 0.29) is 6.04 Å². The van der Waals surface area contributed by atoms with Gasteiger partial charge in [0.2, 0.25) is 0 Å². The van der Waals surface area contributed by atoms with Crippen LogP contribution in [0.2, 0.25) is 0 Å². The predicted octanol–water partition coefficient (Wildman–Crippen LogP) is 4.61. The molecule has 0 saturated heterocycles. The molecule has 1 aliphatic heterocycles. The first kappa shape index (κ1) is 11.4. The monoisotopic (exact) mass is 261 g/mol. The Morgan fingerprint density at radius 2 is 2.00 bits per heavy atom. The Labute approximate surface area is 117 Å². The van der Waals surface area contributed by atoms with E-state index in [0.717, 1.165) is 11.2 Å². The summed E-state index contributed by atoms with van der Waals surface area (Å²) < 4.78 is 6.09. The quantitative estimate of drug-likeness (QED) is 0.692. The summed E-state index contributed by atoms with van der Waals surface area (Å²) in [4.78, 5) is 0. The molecular weight excluding hydrogens is 246 g/mol. The zero-order valence-corrected chi connectivity index (χ0v) is 11.3. The summed E-state index contributed by atoms with van der Waals surface area (Å²) in [6.07, 6.45) is 8.18. The van der Waals surface area contributed by atoms with Gasteiger partial charge in [0.05, 0.1) is 6.04 Å². The smallest absolute Gasteiger partial charge is 0.141 e. The first-order valence-electron chi connectivity index (χ1n) is 6.84. The van der Waals surface area contributed by atoms with E-state index in [9.17, 15) is 0 Å². The van der Waals surface area contributed by atoms with Crippen LogP contribution in [0.15, 0.2) is 65.2 Å². The highest BCUT2D eigenvalue weighted by atomic mass is 16.3. The van der Waals surface area contributed by atoms with Crippen LogP contribution in [0.25, 0.3) is 21.9 Å². The molecule has 98 valence electrons. The molecule has 0 aliphatic carbocycles. The molecule has 2 heteroatoms. The number of hydrogen-bond acceptors (Lipinski definition) is 2. The molecule has 0 bridgehead atoms. The average molecular weight is 261 g/mol. The minimum atomic E-state index is 0.172. The van der Waals surface area contributed by atoms with Gasteiger partial charge in [-0.3, -0.25) is 0 Å². The van der Waals surface area contributed by atoms with Crippen LogP contribution in [0.3, 0.4) is 0 Å². The predicted molar refractivity (Wildman–Crippen MR) is 82.6 cm³/mol. The summed E-state index contributed by atoms with van der Waals surface area (Å²) >= 11 is 0. The lowest BCUT2D eigenvalue weighted by Gasteiger charge is -2.16. The molecule has 2 nitrogen and oxygen atoms in total. The zero-order valence-electron chi connectivity index (χ0n) is 11.3. The fraction of sp³-hybridized carbons (Fsp3) is 0.111. The summed E-state index contributed by atoms with van der Waals surface area (Å²) in [7, 11) is 0. The van der Waals surface area contributed by atoms with Gasteiger partial charge in [0.15, 0.2) is 0 Å². The van der Waals surface area contributed by atoms with Crippen LogP contribution in [0.4, 0.5) is 0 Å². The lowest BCUT2D eigenvalue weighted by molar-refractivity contribution is 0.648. The highest BCUT2D eigenvalue weighted by Crippen LogP contribution is 2.34. The van der Waals surface area contributed by atoms with E-state index < -0.39 is 0 Å². The van der Waals surface area contributed by atoms with Crippen LogP contribution in [0.5, 0.6) is 0 Å². The van der Waals surface area contributed by atoms with Crippen molar-refractivity contribution >= 4 is 21.9 Å². The molecule has 0 radical (unpaired) electrons. The minimum absolute atomic E-state index is 0.172. The maximum absolute atomic E-state index is 6.09. The topological polar surface area (TPSA) is 25.2 Å². The Morgan fingerprint density at radius 1 is 1.05 bits per heavy atom. The molecule has 2 aromatic carbocycles. The highest BCUT2D eigenvalue weighted by molar-refractivity contribution is 6.06. The number of rotatable bonds is 1. The number of benzene rings is 2. The molecule has 1 aliphatic rings. The molecule has 1 aromatic heterocycles. The summed E-state index contributed by atoms with van der Waals surface area (Å²) in [6, 6.07) is 12.9. The third kappa shape index (κ3) is 1.65. The van der Waals surface area contributed by atoms with Crippen molar-refractivity contribution in [3.8, 4) is 0 Å². The first-order valence-corrected chi connectivity index (χ1v) is 6.84. The third-order valence-corrected chi connectivity index (χ3v) is 3.80. The second-order valence-electron chi connectivity index (χ2n) is 5.21. The average Bonchev–Trinajstić information content (AvgIpc) is 2.86. The second kappa shape index (κ2) is 4.27. The number of para-hydroxylation sites is 1. The summed E-state index contributed by atoms with van der Waals surface area (Å²) in [6.45, 7) is 2.11. The number of nitrogens with one attached hydrogen (secondary N) is 1. The van der Waals surface area contributed by atoms with Crippen molar-refractivity contribution in [2.24, 2.45) is 0 Å². The molecule has 0 spiro atoms. The van der Waals surface area contributed by atoms with Gasteiger partial charge in [-0.05, 0) is 31.3 Å². The van der Waals surface area contributed by atoms with E-state index in [4.69, 9.17) is 4.42 Å². The van der Waals surface area contributed by atoms with Crippen LogP contribution in [0, 0.1) is 6.92 Å². The van der Waals surface area contributed by atoms with E-state index in [1.807, 2.05) is 12.3 Å². The Morgan fingerprint density at radius 3 is 2.85 bits per heavy atom. The van der Waals surface area contributed by atoms with Gasteiger partial charge in [0, 0.05) is 16.3 Å². The SMILES string of the molecule is Cc1ccc2oc3c(C4C=CC=CN4)cccc3c2c1. The van der Waals surface area contributed by atoms with E-state index in [2.05, 4.69) is 60.8 Å². The molecule has 1 unspecified atom stereocenters. The van der Waals surface area contributed by atoms with E-state index in [0.29, 0.717) is 0 Å². The Hall–Kier alpha value is -2.48. The number of hydrogen-bond donors (Lipinski definition) is 1. The van der Waals surface area contributed by atoms with Crippen molar-refractivity contribution < 1.29 is 4.42 Å². The number of allylic oxidation sites excluding steroid dienone is 2. The van der Waals surface area contributed by atoms with Crippen molar-refractivity contribution in [1.82, 2.24) is 5.32 Å². The Kier molecular flexibility index (Phi) is 2.43. The molecule has 1 atom stereocenters. The third-order valence-electron chi connectivity index (χ3n) is 3.80. The van der Waals surface area contributed by atoms with Gasteiger partial charge in [-0.2, -0.15) is 0 Å². The number of dihydropyridines is 1. The number of fused-ring (bicyclic) bond motifs is 3. The van der Waals surface area contributed by atoms with Crippen LogP contribution < -0.4 is 5.32 Å². The molecule has 4 rings (SSSR count). The van der Waals surface area contributed by atoms with Crippen molar-refractivity contribution in [2.75, 3.05) is 0 Å². The maximum atomic E-state index is 6.09. The second-order valence-corrected chi connectivity index (χ2v) is 5.21. The van der Waals surface area contributed by atoms with E-state index >= 15 is 0 Å². The van der Waals surface area contributed by atoms with Crippen molar-refractivity contribution in [1.29, 1.82) is 0 Å². The Balaban J connectivity index is 2.00. The van der Waals surface area contributed by atoms with Gasteiger partial charge in [-0.1, -0.05) is 42.0 Å². The molecule has 1 N–H and O–H groups in total. The molecular formula is C18H15NO. The van der Waals surface area contributed by atoms with Gasteiger partial charge in [0.25, 0.3) is 0 Å². The summed E-state index contributed by atoms with van der Waals surface area (Å²) in [5, 5.41) is 5.73. The van der Waals surface area contributed by atoms with E-state index in [1.165, 1.54) is 21.9 Å². The van der Waals surface area contributed by atoms with Crippen molar-refractivity contribution in [3.05, 3.63) is 72.0 Å². The van der Waals surface area contributed by atoms with Crippen LogP contribution in [-0.4, -0.2) is 0 Å². The van der Waals surface area contributed by atoms with Gasteiger partial charge in [-0.25, -0.2) is 0 Å². The lowest BCUT2D eigenvalue weighted by atomic mass is 10.0. The normalized spacial score (nSPS) is 17.8. The van der Waals surface area contributed by atoms with Crippen LogP contribution >= 0.6 is 0 Å². The summed E-state index contributed by atoms with van der Waals surface area (Å²) in [5.74, 6) is 0. The molecule has 0 fully saturated rings. The molecule has 0 saturated carbocycles. The maximum Gasteiger partial charge on any atom is 0.141 e. The fourth-order valence-corrected chi connectivity index (χ4v) is 2.82. The highest BCUT2D eigenvalue weighted by Gasteiger charge is 2.16. The van der Waals surface area contributed by atoms with Gasteiger partial charge >= 0.3 is 0 Å². The zero-order chi connectivity index (χ0) is 13.5. The van der Waals surface area contributed by atoms with Crippen molar-refractivity contribution in [3.63, 3.8) is 0 Å². The van der Waals surface area contributed by atoms with E-state index in [1.54, 1.807) is 0 Å². The lowest BCUT2D eigenvalue weighted by Crippen LogP contribution is -2.14. The molecule has 20 heavy (non-hydrogen) atoms. The van der Waals surface area contributed by atoms with Crippen molar-refractivity contribution in [2.45, 2.75) is 13.0 Å². The number of furan rings is 1. The first-order chi connectivity index (χ1) is 9.83. The Bertz CT molecular complexity index is 854. The fourth-order valence-electron chi connectivity index (χ4n) is 2.82. The standard InChI is InChI=1S/C18H15NO/c1-12-8-9-17-15(11-12)13-5-4-6-14(18(13)20-17)16-7-2-3-10-19-16/h2-11,16,19H,1H3. The van der Waals surface area contributed by atoms with Crippen LogP contribution in [-0.2, 0) is 0 Å². The minimum Gasteiger partial charge on any atom is -0.456 e. The molecule has 2 heterocycles. The van der Waals surface area contributed by atoms with Gasteiger partial charge in [0.1, 0.15) is 11.2 Å². The number of aryl methyl sites for hydroxylation is 1. The molecule has 3 aromatic rings. The largest absolute Gasteiger partial charge is 0.456 e. The van der Waals surface area contributed by atoms with Crippen LogP contribution in [0.1, 0.15) is 17.2 Å². The summed E-state index contributed by atoms with van der Waals surface area (Å²) in [5.41, 5.74) is 4.36.